The number of hydrogen-bond acceptors (Lipinski definition) is 8. The molecule has 1 aliphatic rings. The van der Waals surface area contributed by atoms with E-state index in [9.17, 15) is 29.1 Å². The molecule has 10 nitrogen and oxygen atoms in total. The smallest absolute Gasteiger partial charge is 0.327 e. The number of para-hydroxylation sites is 1. The summed E-state index contributed by atoms with van der Waals surface area (Å²) < 4.78 is 6.07. The number of thioether (sulfide) groups is 2. The zero-order valence-electron chi connectivity index (χ0n) is 29.3. The summed E-state index contributed by atoms with van der Waals surface area (Å²) in [7, 11) is 0. The maximum atomic E-state index is 14.7. The number of ether oxygens (including phenoxy) is 1. The van der Waals surface area contributed by atoms with Crippen LogP contribution in [-0.2, 0) is 24.0 Å². The number of carbonyl (C=O) groups is 5. The molecule has 3 amide bonds. The molecule has 51 heavy (non-hydrogen) atoms. The van der Waals surface area contributed by atoms with Crippen molar-refractivity contribution in [2.75, 3.05) is 29.8 Å². The van der Waals surface area contributed by atoms with Gasteiger partial charge in [-0.15, -0.1) is 23.5 Å². The number of nitrogens with zero attached hydrogens (tertiary/aromatic N) is 1. The predicted octanol–water partition coefficient (Wildman–Crippen LogP) is 6.97. The Kier molecular flexibility index (Phi) is 14.9. The molecule has 1 heterocycles. The van der Waals surface area contributed by atoms with Crippen molar-refractivity contribution in [1.82, 2.24) is 10.6 Å². The summed E-state index contributed by atoms with van der Waals surface area (Å²) in [5, 5.41) is 14.7. The van der Waals surface area contributed by atoms with Gasteiger partial charge in [-0.2, -0.15) is 11.8 Å². The zero-order chi connectivity index (χ0) is 37.0. The average Bonchev–Trinajstić information content (AvgIpc) is 3.22. The van der Waals surface area contributed by atoms with Crippen molar-refractivity contribution in [2.45, 2.75) is 74.2 Å². The molecule has 3 aromatic carbocycles. The van der Waals surface area contributed by atoms with Crippen LogP contribution in [0.4, 0.5) is 11.4 Å². The molecule has 0 aromatic heterocycles. The third-order valence-electron chi connectivity index (χ3n) is 8.68. The van der Waals surface area contributed by atoms with Crippen molar-refractivity contribution in [3.63, 3.8) is 0 Å². The molecule has 2 atom stereocenters. The van der Waals surface area contributed by atoms with E-state index < -0.39 is 41.9 Å². The number of rotatable bonds is 18. The first kappa shape index (κ1) is 39.8. The van der Waals surface area contributed by atoms with Crippen LogP contribution in [0.1, 0.15) is 64.0 Å². The Bertz CT molecular complexity index is 1680. The minimum Gasteiger partial charge on any atom is -0.483 e. The largest absolute Gasteiger partial charge is 0.483 e. The summed E-state index contributed by atoms with van der Waals surface area (Å²) in [5.41, 5.74) is 0.560. The molecule has 3 aromatic rings. The van der Waals surface area contributed by atoms with E-state index in [-0.39, 0.29) is 16.8 Å². The molecule has 4 rings (SSSR count). The number of fused-ring (bicyclic) bond motifs is 1. The second-order valence-corrected chi connectivity index (χ2v) is 15.1. The Morgan fingerprint density at radius 2 is 1.55 bits per heavy atom. The Morgan fingerprint density at radius 3 is 2.12 bits per heavy atom. The Hall–Kier alpha value is -3.94. The molecule has 0 spiro atoms. The van der Waals surface area contributed by atoms with Gasteiger partial charge in [0.15, 0.2) is 11.7 Å². The van der Waals surface area contributed by atoms with Gasteiger partial charge < -0.3 is 20.5 Å². The van der Waals surface area contributed by atoms with Gasteiger partial charge in [-0.3, -0.25) is 24.1 Å². The Balaban J connectivity index is 1.66. The van der Waals surface area contributed by atoms with E-state index in [1.807, 2.05) is 42.7 Å². The number of carboxylic acids is 1. The minimum atomic E-state index is -1.18. The summed E-state index contributed by atoms with van der Waals surface area (Å²) in [6, 6.07) is 19.2. The second-order valence-electron chi connectivity index (χ2n) is 12.2. The van der Waals surface area contributed by atoms with Crippen molar-refractivity contribution in [3.8, 4) is 5.75 Å². The highest BCUT2D eigenvalue weighted by atomic mass is 32.2. The summed E-state index contributed by atoms with van der Waals surface area (Å²) in [4.78, 5) is 70.3. The monoisotopic (exact) mass is 752 g/mol. The SMILES string of the molecule is CCCCC1(CCCC)C(=O)[SH]c2cc(OCC(=O)N[C@@H](C(=O)NC(CSC)C(=O)O)c3ccccc3)c(SC)cc2N(c2ccccc2)C1=O. The van der Waals surface area contributed by atoms with Gasteiger partial charge in [0.05, 0.1) is 10.6 Å². The molecule has 0 saturated carbocycles. The summed E-state index contributed by atoms with van der Waals surface area (Å²) in [5.74, 6) is -2.15. The predicted molar refractivity (Wildman–Crippen MR) is 206 cm³/mol. The fourth-order valence-corrected chi connectivity index (χ4v) is 8.26. The van der Waals surface area contributed by atoms with Crippen molar-refractivity contribution < 1.29 is 33.8 Å². The van der Waals surface area contributed by atoms with Crippen LogP contribution in [0.3, 0.4) is 0 Å². The Labute approximate surface area is 312 Å². The van der Waals surface area contributed by atoms with Gasteiger partial charge in [0.1, 0.15) is 23.2 Å². The Morgan fingerprint density at radius 1 is 0.922 bits per heavy atom. The van der Waals surface area contributed by atoms with Crippen LogP contribution < -0.4 is 20.3 Å². The van der Waals surface area contributed by atoms with E-state index in [1.165, 1.54) is 23.5 Å². The quantitative estimate of drug-likeness (QED) is 0.0616. The first-order chi connectivity index (χ1) is 24.6. The fourth-order valence-electron chi connectivity index (χ4n) is 5.94. The molecule has 13 heteroatoms. The highest BCUT2D eigenvalue weighted by Crippen LogP contribution is 2.51. The van der Waals surface area contributed by atoms with E-state index >= 15 is 0 Å². The topological polar surface area (TPSA) is 142 Å². The molecule has 1 unspecified atom stereocenters. The van der Waals surface area contributed by atoms with Gasteiger partial charge >= 0.3 is 5.97 Å². The van der Waals surface area contributed by atoms with E-state index in [0.717, 1.165) is 25.7 Å². The van der Waals surface area contributed by atoms with Crippen LogP contribution >= 0.6 is 35.3 Å². The fraction of sp³-hybridized carbons (Fsp3) is 0.395. The van der Waals surface area contributed by atoms with Crippen LogP contribution in [0.25, 0.3) is 0 Å². The third-order valence-corrected chi connectivity index (χ3v) is 11.3. The molecule has 1 radical (unpaired) electrons. The molecule has 0 aliphatic carbocycles. The number of benzene rings is 3. The van der Waals surface area contributed by atoms with Gasteiger partial charge in [-0.05, 0) is 55.2 Å². The van der Waals surface area contributed by atoms with Crippen LogP contribution in [0.2, 0.25) is 0 Å². The molecule has 273 valence electrons. The second kappa shape index (κ2) is 19.1. The number of carboxylic acid groups (broad SMARTS) is 1. The molecule has 3 N–H and O–H groups in total. The lowest BCUT2D eigenvalue weighted by molar-refractivity contribution is -0.141. The van der Waals surface area contributed by atoms with E-state index in [0.29, 0.717) is 57.1 Å². The number of carbonyl (C=O) groups excluding carboxylic acids is 4. The van der Waals surface area contributed by atoms with Gasteiger partial charge in [0, 0.05) is 16.3 Å². The van der Waals surface area contributed by atoms with Crippen molar-refractivity contribution in [3.05, 3.63) is 78.4 Å². The first-order valence-corrected chi connectivity index (χ1v) is 20.5. The van der Waals surface area contributed by atoms with E-state index in [2.05, 4.69) is 24.5 Å². The molecular formula is C38H46N3O7S3. The highest BCUT2D eigenvalue weighted by molar-refractivity contribution is 8.14. The van der Waals surface area contributed by atoms with Crippen LogP contribution in [0.15, 0.2) is 82.6 Å². The van der Waals surface area contributed by atoms with E-state index in [1.54, 1.807) is 47.6 Å². The number of thiol groups is 1. The van der Waals surface area contributed by atoms with Crippen LogP contribution in [0.5, 0.6) is 5.75 Å². The number of hydrogen-bond donors (Lipinski definition) is 4. The molecule has 0 fully saturated rings. The normalized spacial score (nSPS) is 14.9. The first-order valence-electron chi connectivity index (χ1n) is 17.0. The van der Waals surface area contributed by atoms with Crippen LogP contribution in [-0.4, -0.2) is 64.8 Å². The van der Waals surface area contributed by atoms with Crippen molar-refractivity contribution in [2.24, 2.45) is 5.41 Å². The van der Waals surface area contributed by atoms with Gasteiger partial charge in [0.25, 0.3) is 5.91 Å². The number of nitrogens with one attached hydrogen (secondary N) is 2. The average molecular weight is 753 g/mol. The number of unbranched alkanes of at least 4 members (excludes halogenated alkanes) is 2. The standard InChI is InChI=1S/C38H46N3O7S3/c1-5-7-19-38(20-8-6-2)36(46)41(26-17-13-10-14-18-26)28-21-31(50-4)29(22-30(28)51-37(38)47)48-23-32(42)40-33(25-15-11-9-12-16-25)34(43)39-27(24-49-3)35(44)45/h9-18,21-22,27,33,51H,5-8,19-20,23-24H2,1-4H3,(H,39,43)(H,40,42)(H,44,45)/t27?,33-/m1/s1. The van der Waals surface area contributed by atoms with Gasteiger partial charge in [-0.25, -0.2) is 4.79 Å². The maximum Gasteiger partial charge on any atom is 0.327 e. The zero-order valence-corrected chi connectivity index (χ0v) is 31.9. The molecule has 0 saturated heterocycles. The third kappa shape index (κ3) is 9.69. The molecule has 0 bridgehead atoms. The summed E-state index contributed by atoms with van der Waals surface area (Å²) in [6.07, 6.45) is 7.71. The van der Waals surface area contributed by atoms with E-state index in [4.69, 9.17) is 4.74 Å². The van der Waals surface area contributed by atoms with Crippen molar-refractivity contribution >= 4 is 75.5 Å². The van der Waals surface area contributed by atoms with Crippen molar-refractivity contribution in [1.29, 1.82) is 0 Å². The lowest BCUT2D eigenvalue weighted by Crippen LogP contribution is -2.49. The lowest BCUT2D eigenvalue weighted by Gasteiger charge is -2.34. The number of aliphatic carboxylic acids is 1. The summed E-state index contributed by atoms with van der Waals surface area (Å²) in [6.45, 7) is 3.65. The molecular weight excluding hydrogens is 707 g/mol. The van der Waals surface area contributed by atoms with Gasteiger partial charge in [0.2, 0.25) is 11.8 Å². The van der Waals surface area contributed by atoms with Crippen LogP contribution in [0, 0.1) is 5.41 Å². The number of amides is 3. The maximum absolute atomic E-state index is 14.7. The lowest BCUT2D eigenvalue weighted by atomic mass is 9.77. The summed E-state index contributed by atoms with van der Waals surface area (Å²) >= 11 is 3.03. The van der Waals surface area contributed by atoms with Gasteiger partial charge in [-0.1, -0.05) is 88.1 Å². The highest BCUT2D eigenvalue weighted by Gasteiger charge is 2.50. The number of anilines is 2. The minimum absolute atomic E-state index is 0.146. The molecule has 1 aliphatic heterocycles.